The van der Waals surface area contributed by atoms with Crippen LogP contribution in [0.25, 0.3) is 0 Å². The van der Waals surface area contributed by atoms with Gasteiger partial charge in [-0.05, 0) is 42.8 Å². The number of nitrogens with zero attached hydrogens (tertiary/aromatic N) is 1. The molecule has 27 heavy (non-hydrogen) atoms. The van der Waals surface area contributed by atoms with E-state index >= 15 is 0 Å². The van der Waals surface area contributed by atoms with Crippen LogP contribution in [0.2, 0.25) is 0 Å². The summed E-state index contributed by atoms with van der Waals surface area (Å²) in [4.78, 5) is 11.9. The van der Waals surface area contributed by atoms with Gasteiger partial charge in [-0.1, -0.05) is 18.2 Å². The summed E-state index contributed by atoms with van der Waals surface area (Å²) in [5.74, 6) is 0.110. The predicted molar refractivity (Wildman–Crippen MR) is 103 cm³/mol. The summed E-state index contributed by atoms with van der Waals surface area (Å²) in [7, 11) is -3.52. The number of amides is 1. The van der Waals surface area contributed by atoms with E-state index in [1.165, 1.54) is 24.3 Å². The van der Waals surface area contributed by atoms with Gasteiger partial charge in [0.1, 0.15) is 18.2 Å². The molecule has 1 N–H and O–H groups in total. The van der Waals surface area contributed by atoms with Crippen LogP contribution in [-0.2, 0) is 14.8 Å². The molecule has 0 aliphatic rings. The molecule has 0 aromatic heterocycles. The minimum atomic E-state index is -3.52. The molecular formula is C19H23FN2O4S. The van der Waals surface area contributed by atoms with Gasteiger partial charge in [0.15, 0.2) is 0 Å². The largest absolute Gasteiger partial charge is 0.492 e. The van der Waals surface area contributed by atoms with Gasteiger partial charge in [0.05, 0.1) is 18.5 Å². The quantitative estimate of drug-likeness (QED) is 0.629. The summed E-state index contributed by atoms with van der Waals surface area (Å²) in [6.45, 7) is 0.848. The SMILES string of the molecule is CS(=O)(=O)N(CCCC(=O)NCCOc1ccccc1)c1ccc(F)cc1. The normalized spacial score (nSPS) is 11.0. The molecule has 2 aromatic carbocycles. The maximum atomic E-state index is 13.0. The summed E-state index contributed by atoms with van der Waals surface area (Å²) in [6.07, 6.45) is 1.60. The maximum absolute atomic E-state index is 13.0. The van der Waals surface area contributed by atoms with Crippen molar-refractivity contribution in [3.8, 4) is 5.75 Å². The third-order valence-electron chi connectivity index (χ3n) is 3.72. The highest BCUT2D eigenvalue weighted by atomic mass is 32.2. The summed E-state index contributed by atoms with van der Waals surface area (Å²) >= 11 is 0. The van der Waals surface area contributed by atoms with Gasteiger partial charge < -0.3 is 10.1 Å². The Morgan fingerprint density at radius 3 is 2.41 bits per heavy atom. The van der Waals surface area contributed by atoms with Crippen molar-refractivity contribution >= 4 is 21.6 Å². The standard InChI is InChI=1S/C19H23FN2O4S/c1-27(24,25)22(17-11-9-16(20)10-12-17)14-5-8-19(23)21-13-15-26-18-6-3-2-4-7-18/h2-4,6-7,9-12H,5,8,13-15H2,1H3,(H,21,23). The van der Waals surface area contributed by atoms with Gasteiger partial charge in [-0.2, -0.15) is 0 Å². The monoisotopic (exact) mass is 394 g/mol. The van der Waals surface area contributed by atoms with Crippen molar-refractivity contribution in [1.29, 1.82) is 0 Å². The summed E-state index contributed by atoms with van der Waals surface area (Å²) in [5, 5.41) is 2.73. The van der Waals surface area contributed by atoms with Crippen LogP contribution in [0.1, 0.15) is 12.8 Å². The van der Waals surface area contributed by atoms with E-state index in [1.54, 1.807) is 0 Å². The third kappa shape index (κ3) is 7.26. The molecule has 0 heterocycles. The Kier molecular flexibility index (Phi) is 7.60. The first kappa shape index (κ1) is 20.7. The van der Waals surface area contributed by atoms with Gasteiger partial charge in [-0.3, -0.25) is 9.10 Å². The number of benzene rings is 2. The minimum absolute atomic E-state index is 0.137. The van der Waals surface area contributed by atoms with E-state index in [9.17, 15) is 17.6 Å². The van der Waals surface area contributed by atoms with Crippen LogP contribution >= 0.6 is 0 Å². The number of sulfonamides is 1. The highest BCUT2D eigenvalue weighted by Crippen LogP contribution is 2.18. The van der Waals surface area contributed by atoms with Crippen molar-refractivity contribution in [1.82, 2.24) is 5.32 Å². The van der Waals surface area contributed by atoms with Crippen molar-refractivity contribution < 1.29 is 22.3 Å². The van der Waals surface area contributed by atoms with Crippen LogP contribution < -0.4 is 14.4 Å². The number of carbonyl (C=O) groups is 1. The Morgan fingerprint density at radius 1 is 1.11 bits per heavy atom. The zero-order chi connectivity index (χ0) is 19.7. The lowest BCUT2D eigenvalue weighted by Gasteiger charge is -2.22. The third-order valence-corrected chi connectivity index (χ3v) is 4.91. The molecule has 0 spiro atoms. The Labute approximate surface area is 159 Å². The number of ether oxygens (including phenoxy) is 1. The number of nitrogens with one attached hydrogen (secondary N) is 1. The molecule has 0 saturated heterocycles. The first-order chi connectivity index (χ1) is 12.9. The molecule has 0 unspecified atom stereocenters. The lowest BCUT2D eigenvalue weighted by molar-refractivity contribution is -0.121. The fourth-order valence-corrected chi connectivity index (χ4v) is 3.41. The molecule has 0 aliphatic heterocycles. The van der Waals surface area contributed by atoms with Crippen molar-refractivity contribution in [3.63, 3.8) is 0 Å². The average molecular weight is 394 g/mol. The number of hydrogen-bond donors (Lipinski definition) is 1. The molecule has 0 aliphatic carbocycles. The molecule has 0 bridgehead atoms. The zero-order valence-electron chi connectivity index (χ0n) is 15.1. The summed E-state index contributed by atoms with van der Waals surface area (Å²) in [6, 6.07) is 14.5. The number of halogens is 1. The van der Waals surface area contributed by atoms with Crippen molar-refractivity contribution in [2.75, 3.05) is 30.3 Å². The van der Waals surface area contributed by atoms with Crippen molar-refractivity contribution in [2.45, 2.75) is 12.8 Å². The molecule has 1 amide bonds. The predicted octanol–water partition coefficient (Wildman–Crippen LogP) is 2.57. The molecule has 0 saturated carbocycles. The van der Waals surface area contributed by atoms with E-state index in [0.29, 0.717) is 25.3 Å². The Balaban J connectivity index is 1.74. The number of anilines is 1. The van der Waals surface area contributed by atoms with Gasteiger partial charge in [-0.15, -0.1) is 0 Å². The highest BCUT2D eigenvalue weighted by Gasteiger charge is 2.17. The zero-order valence-corrected chi connectivity index (χ0v) is 15.9. The molecule has 0 atom stereocenters. The second kappa shape index (κ2) is 9.91. The molecule has 6 nitrogen and oxygen atoms in total. The second-order valence-corrected chi connectivity index (χ2v) is 7.83. The molecule has 2 aromatic rings. The van der Waals surface area contributed by atoms with Gasteiger partial charge in [0.25, 0.3) is 0 Å². The number of rotatable bonds is 10. The molecular weight excluding hydrogens is 371 g/mol. The fourth-order valence-electron chi connectivity index (χ4n) is 2.44. The van der Waals surface area contributed by atoms with E-state index in [-0.39, 0.29) is 18.9 Å². The molecule has 2 rings (SSSR count). The van der Waals surface area contributed by atoms with Gasteiger partial charge in [0.2, 0.25) is 15.9 Å². The summed E-state index contributed by atoms with van der Waals surface area (Å²) < 4.78 is 43.6. The van der Waals surface area contributed by atoms with Crippen LogP contribution in [0.15, 0.2) is 54.6 Å². The first-order valence-electron chi connectivity index (χ1n) is 8.54. The average Bonchev–Trinajstić information content (AvgIpc) is 2.63. The first-order valence-corrected chi connectivity index (χ1v) is 10.4. The minimum Gasteiger partial charge on any atom is -0.492 e. The van der Waals surface area contributed by atoms with E-state index in [0.717, 1.165) is 16.3 Å². The summed E-state index contributed by atoms with van der Waals surface area (Å²) in [5.41, 5.74) is 0.371. The number of para-hydroxylation sites is 1. The molecule has 0 radical (unpaired) electrons. The highest BCUT2D eigenvalue weighted by molar-refractivity contribution is 7.92. The van der Waals surface area contributed by atoms with E-state index in [2.05, 4.69) is 5.32 Å². The Hall–Kier alpha value is -2.61. The van der Waals surface area contributed by atoms with Crippen molar-refractivity contribution in [2.24, 2.45) is 0 Å². The maximum Gasteiger partial charge on any atom is 0.232 e. The number of hydrogen-bond acceptors (Lipinski definition) is 4. The Morgan fingerprint density at radius 2 is 1.78 bits per heavy atom. The van der Waals surface area contributed by atoms with Crippen molar-refractivity contribution in [3.05, 3.63) is 60.4 Å². The van der Waals surface area contributed by atoms with Gasteiger partial charge in [-0.25, -0.2) is 12.8 Å². The smallest absolute Gasteiger partial charge is 0.232 e. The Bertz CT molecular complexity index is 827. The van der Waals surface area contributed by atoms with Gasteiger partial charge in [0, 0.05) is 13.0 Å². The van der Waals surface area contributed by atoms with Crippen LogP contribution in [-0.4, -0.2) is 40.3 Å². The second-order valence-electron chi connectivity index (χ2n) is 5.93. The van der Waals surface area contributed by atoms with Crippen LogP contribution in [0.3, 0.4) is 0 Å². The molecule has 0 fully saturated rings. The van der Waals surface area contributed by atoms with E-state index in [4.69, 9.17) is 4.74 Å². The van der Waals surface area contributed by atoms with Crippen LogP contribution in [0, 0.1) is 5.82 Å². The molecule has 8 heteroatoms. The van der Waals surface area contributed by atoms with Crippen LogP contribution in [0.5, 0.6) is 5.75 Å². The lowest BCUT2D eigenvalue weighted by Crippen LogP contribution is -2.32. The van der Waals surface area contributed by atoms with E-state index in [1.807, 2.05) is 30.3 Å². The van der Waals surface area contributed by atoms with Gasteiger partial charge >= 0.3 is 0 Å². The fraction of sp³-hybridized carbons (Fsp3) is 0.316. The number of carbonyl (C=O) groups excluding carboxylic acids is 1. The van der Waals surface area contributed by atoms with Crippen LogP contribution in [0.4, 0.5) is 10.1 Å². The topological polar surface area (TPSA) is 75.7 Å². The van der Waals surface area contributed by atoms with E-state index < -0.39 is 15.8 Å². The molecule has 146 valence electrons. The lowest BCUT2D eigenvalue weighted by atomic mass is 10.2.